The van der Waals surface area contributed by atoms with Crippen LogP contribution in [-0.2, 0) is 16.6 Å². The third-order valence-corrected chi connectivity index (χ3v) is 6.66. The van der Waals surface area contributed by atoms with Crippen LogP contribution in [0.15, 0.2) is 35.2 Å². The molecule has 0 saturated carbocycles. The number of nitrogens with one attached hydrogen (secondary N) is 1. The molecule has 0 bridgehead atoms. The second kappa shape index (κ2) is 8.50. The van der Waals surface area contributed by atoms with E-state index in [0.717, 1.165) is 49.6 Å². The number of piperidine rings is 1. The zero-order valence-electron chi connectivity index (χ0n) is 16.4. The Kier molecular flexibility index (Phi) is 6.26. The average molecular weight is 408 g/mol. The standard InChI is InChI=1S/C19H26FN5O2S/c1-24(2)19-11-17(14-5-4-10-21-12-14)22-18(23-19)13-25(3)28(26,27)16-8-6-15(20)7-9-16/h6-9,11,14,21H,4-5,10,12-13H2,1-3H3/t14-/m1/s1. The smallest absolute Gasteiger partial charge is 0.243 e. The number of benzene rings is 1. The largest absolute Gasteiger partial charge is 0.363 e. The van der Waals surface area contributed by atoms with E-state index in [-0.39, 0.29) is 17.4 Å². The Balaban J connectivity index is 1.87. The fourth-order valence-corrected chi connectivity index (χ4v) is 4.31. The van der Waals surface area contributed by atoms with Gasteiger partial charge < -0.3 is 10.2 Å². The minimum absolute atomic E-state index is 0.0362. The summed E-state index contributed by atoms with van der Waals surface area (Å²) in [6.45, 7) is 1.90. The highest BCUT2D eigenvalue weighted by molar-refractivity contribution is 7.89. The van der Waals surface area contributed by atoms with Crippen molar-refractivity contribution in [3.8, 4) is 0 Å². The molecule has 3 rings (SSSR count). The molecule has 1 aliphatic rings. The maximum atomic E-state index is 13.1. The molecular formula is C19H26FN5O2S. The Bertz CT molecular complexity index is 912. The maximum absolute atomic E-state index is 13.1. The van der Waals surface area contributed by atoms with Crippen LogP contribution in [0.25, 0.3) is 0 Å². The quantitative estimate of drug-likeness (QED) is 0.789. The third-order valence-electron chi connectivity index (χ3n) is 4.84. The summed E-state index contributed by atoms with van der Waals surface area (Å²) in [7, 11) is 1.51. The van der Waals surface area contributed by atoms with Gasteiger partial charge in [-0.25, -0.2) is 22.8 Å². The van der Waals surface area contributed by atoms with Crippen molar-refractivity contribution in [2.75, 3.05) is 39.1 Å². The molecule has 1 N–H and O–H groups in total. The first-order valence-corrected chi connectivity index (χ1v) is 10.7. The van der Waals surface area contributed by atoms with E-state index in [4.69, 9.17) is 0 Å². The van der Waals surface area contributed by atoms with Gasteiger partial charge in [0.15, 0.2) is 0 Å². The van der Waals surface area contributed by atoms with Crippen LogP contribution in [0.4, 0.5) is 10.2 Å². The number of aromatic nitrogens is 2. The number of hydrogen-bond acceptors (Lipinski definition) is 6. The number of rotatable bonds is 6. The third kappa shape index (κ3) is 4.65. The second-order valence-electron chi connectivity index (χ2n) is 7.22. The van der Waals surface area contributed by atoms with Crippen molar-refractivity contribution < 1.29 is 12.8 Å². The van der Waals surface area contributed by atoms with Crippen molar-refractivity contribution in [3.05, 3.63) is 47.7 Å². The lowest BCUT2D eigenvalue weighted by molar-refractivity contribution is 0.441. The predicted octanol–water partition coefficient (Wildman–Crippen LogP) is 1.97. The fourth-order valence-electron chi connectivity index (χ4n) is 3.19. The fraction of sp³-hybridized carbons (Fsp3) is 0.474. The van der Waals surface area contributed by atoms with Crippen LogP contribution in [0.5, 0.6) is 0 Å². The van der Waals surface area contributed by atoms with Gasteiger partial charge in [-0.2, -0.15) is 4.31 Å². The molecule has 1 fully saturated rings. The summed E-state index contributed by atoms with van der Waals surface area (Å²) in [6.07, 6.45) is 2.13. The Labute approximate surface area is 165 Å². The van der Waals surface area contributed by atoms with Crippen LogP contribution in [0.3, 0.4) is 0 Å². The summed E-state index contributed by atoms with van der Waals surface area (Å²) in [5.74, 6) is 1.00. The van der Waals surface area contributed by atoms with Gasteiger partial charge in [0.2, 0.25) is 10.0 Å². The molecule has 0 unspecified atom stereocenters. The van der Waals surface area contributed by atoms with E-state index in [2.05, 4.69) is 15.3 Å². The molecule has 2 aromatic rings. The Morgan fingerprint density at radius 2 is 1.89 bits per heavy atom. The molecule has 0 spiro atoms. The van der Waals surface area contributed by atoms with Crippen molar-refractivity contribution in [1.82, 2.24) is 19.6 Å². The van der Waals surface area contributed by atoms with Gasteiger partial charge in [-0.05, 0) is 43.7 Å². The molecule has 1 aromatic carbocycles. The van der Waals surface area contributed by atoms with E-state index in [1.54, 1.807) is 0 Å². The van der Waals surface area contributed by atoms with Gasteiger partial charge in [0.05, 0.1) is 17.1 Å². The summed E-state index contributed by atoms with van der Waals surface area (Å²) >= 11 is 0. The van der Waals surface area contributed by atoms with Crippen LogP contribution in [-0.4, -0.2) is 56.9 Å². The highest BCUT2D eigenvalue weighted by Crippen LogP contribution is 2.25. The molecule has 152 valence electrons. The van der Waals surface area contributed by atoms with Gasteiger partial charge >= 0.3 is 0 Å². The van der Waals surface area contributed by atoms with Gasteiger partial charge in [0.1, 0.15) is 17.5 Å². The van der Waals surface area contributed by atoms with Crippen LogP contribution in [0.1, 0.15) is 30.3 Å². The highest BCUT2D eigenvalue weighted by Gasteiger charge is 2.24. The zero-order chi connectivity index (χ0) is 20.3. The number of hydrogen-bond donors (Lipinski definition) is 1. The van der Waals surface area contributed by atoms with Crippen LogP contribution in [0.2, 0.25) is 0 Å². The van der Waals surface area contributed by atoms with Gasteiger partial charge in [-0.1, -0.05) is 0 Å². The Hall–Kier alpha value is -2.10. The summed E-state index contributed by atoms with van der Waals surface area (Å²) in [5, 5.41) is 3.38. The summed E-state index contributed by atoms with van der Waals surface area (Å²) in [6, 6.07) is 6.76. The van der Waals surface area contributed by atoms with Gasteiger partial charge in [0.25, 0.3) is 0 Å². The minimum Gasteiger partial charge on any atom is -0.363 e. The molecule has 1 atom stereocenters. The number of sulfonamides is 1. The molecule has 0 amide bonds. The molecule has 1 aliphatic heterocycles. The number of nitrogens with zero attached hydrogens (tertiary/aromatic N) is 4. The van der Waals surface area contributed by atoms with Crippen molar-refractivity contribution in [1.29, 1.82) is 0 Å². The lowest BCUT2D eigenvalue weighted by Gasteiger charge is -2.24. The van der Waals surface area contributed by atoms with E-state index < -0.39 is 15.8 Å². The van der Waals surface area contributed by atoms with Crippen molar-refractivity contribution in [2.45, 2.75) is 30.2 Å². The monoisotopic (exact) mass is 407 g/mol. The Morgan fingerprint density at radius 1 is 1.18 bits per heavy atom. The molecular weight excluding hydrogens is 381 g/mol. The van der Waals surface area contributed by atoms with Crippen LogP contribution < -0.4 is 10.2 Å². The van der Waals surface area contributed by atoms with Gasteiger partial charge in [0, 0.05) is 39.7 Å². The molecule has 1 saturated heterocycles. The van der Waals surface area contributed by atoms with E-state index in [1.807, 2.05) is 25.1 Å². The van der Waals surface area contributed by atoms with Crippen molar-refractivity contribution >= 4 is 15.8 Å². The summed E-state index contributed by atoms with van der Waals surface area (Å²) in [5.41, 5.74) is 0.925. The first kappa shape index (κ1) is 20.6. The van der Waals surface area contributed by atoms with Gasteiger partial charge in [-0.3, -0.25) is 0 Å². The average Bonchev–Trinajstić information content (AvgIpc) is 2.68. The first-order valence-electron chi connectivity index (χ1n) is 9.25. The van der Waals surface area contributed by atoms with Crippen molar-refractivity contribution in [3.63, 3.8) is 0 Å². The number of halogens is 1. The second-order valence-corrected chi connectivity index (χ2v) is 9.26. The van der Waals surface area contributed by atoms with Crippen molar-refractivity contribution in [2.24, 2.45) is 0 Å². The van der Waals surface area contributed by atoms with E-state index in [9.17, 15) is 12.8 Å². The topological polar surface area (TPSA) is 78.4 Å². The van der Waals surface area contributed by atoms with E-state index >= 15 is 0 Å². The SMILES string of the molecule is CN(C)c1cc([C@@H]2CCCNC2)nc(CN(C)S(=O)(=O)c2ccc(F)cc2)n1. The van der Waals surface area contributed by atoms with E-state index in [0.29, 0.717) is 5.82 Å². The molecule has 0 aliphatic carbocycles. The minimum atomic E-state index is -3.76. The first-order chi connectivity index (χ1) is 13.3. The normalized spacial score (nSPS) is 17.7. The van der Waals surface area contributed by atoms with Gasteiger partial charge in [-0.15, -0.1) is 0 Å². The zero-order valence-corrected chi connectivity index (χ0v) is 17.2. The molecule has 2 heterocycles. The van der Waals surface area contributed by atoms with E-state index in [1.165, 1.54) is 23.5 Å². The molecule has 1 aromatic heterocycles. The summed E-state index contributed by atoms with van der Waals surface area (Å²) in [4.78, 5) is 11.1. The lowest BCUT2D eigenvalue weighted by atomic mass is 9.96. The summed E-state index contributed by atoms with van der Waals surface area (Å²) < 4.78 is 39.9. The van der Waals surface area contributed by atoms with Crippen LogP contribution >= 0.6 is 0 Å². The Morgan fingerprint density at radius 3 is 2.50 bits per heavy atom. The molecule has 28 heavy (non-hydrogen) atoms. The maximum Gasteiger partial charge on any atom is 0.243 e. The lowest BCUT2D eigenvalue weighted by Crippen LogP contribution is -2.30. The molecule has 0 radical (unpaired) electrons. The van der Waals surface area contributed by atoms with Crippen LogP contribution in [0, 0.1) is 5.82 Å². The highest BCUT2D eigenvalue weighted by atomic mass is 32.2. The molecule has 9 heteroatoms. The predicted molar refractivity (Wildman–Crippen MR) is 106 cm³/mol. The molecule has 7 nitrogen and oxygen atoms in total. The number of anilines is 1.